The Hall–Kier alpha value is -1.26. The van der Waals surface area contributed by atoms with Crippen LogP contribution < -0.4 is 9.47 Å². The molecular formula is C17H27NO3. The number of hydrogen-bond donors (Lipinski definition) is 1. The van der Waals surface area contributed by atoms with E-state index in [0.29, 0.717) is 24.1 Å². The van der Waals surface area contributed by atoms with E-state index in [1.165, 1.54) is 25.7 Å². The lowest BCUT2D eigenvalue weighted by Crippen LogP contribution is -2.36. The Morgan fingerprint density at radius 2 is 1.86 bits per heavy atom. The van der Waals surface area contributed by atoms with Gasteiger partial charge in [0.2, 0.25) is 0 Å². The van der Waals surface area contributed by atoms with Crippen LogP contribution in [-0.2, 0) is 0 Å². The lowest BCUT2D eigenvalue weighted by molar-refractivity contribution is 0.0912. The molecule has 1 aromatic carbocycles. The number of rotatable bonds is 7. The summed E-state index contributed by atoms with van der Waals surface area (Å²) in [6.07, 6.45) is 4.64. The lowest BCUT2D eigenvalue weighted by Gasteiger charge is -2.29. The summed E-state index contributed by atoms with van der Waals surface area (Å²) >= 11 is 0. The summed E-state index contributed by atoms with van der Waals surface area (Å²) in [5, 5.41) is 10.5. The smallest absolute Gasteiger partial charge is 0.161 e. The SMILES string of the molecule is CCN(CC(O)c1ccc(OC)c(OC)c1)C1CCCC1. The molecule has 1 aromatic rings. The molecule has 2 rings (SSSR count). The summed E-state index contributed by atoms with van der Waals surface area (Å²) in [5.41, 5.74) is 0.879. The predicted molar refractivity (Wildman–Crippen MR) is 84.0 cm³/mol. The van der Waals surface area contributed by atoms with Crippen molar-refractivity contribution in [1.29, 1.82) is 0 Å². The normalized spacial score (nSPS) is 17.2. The van der Waals surface area contributed by atoms with Crippen LogP contribution in [0.5, 0.6) is 11.5 Å². The maximum atomic E-state index is 10.5. The van der Waals surface area contributed by atoms with E-state index in [4.69, 9.17) is 9.47 Å². The molecule has 1 aliphatic rings. The van der Waals surface area contributed by atoms with Crippen LogP contribution in [0, 0.1) is 0 Å². The molecule has 0 radical (unpaired) electrons. The number of nitrogens with zero attached hydrogens (tertiary/aromatic N) is 1. The van der Waals surface area contributed by atoms with E-state index in [9.17, 15) is 5.11 Å². The average molecular weight is 293 g/mol. The van der Waals surface area contributed by atoms with Gasteiger partial charge < -0.3 is 14.6 Å². The Balaban J connectivity index is 2.06. The Morgan fingerprint density at radius 3 is 2.43 bits per heavy atom. The van der Waals surface area contributed by atoms with E-state index < -0.39 is 6.10 Å². The maximum absolute atomic E-state index is 10.5. The van der Waals surface area contributed by atoms with Gasteiger partial charge in [-0.15, -0.1) is 0 Å². The Bertz CT molecular complexity index is 444. The number of hydrogen-bond acceptors (Lipinski definition) is 4. The van der Waals surface area contributed by atoms with Crippen molar-refractivity contribution in [3.8, 4) is 11.5 Å². The summed E-state index contributed by atoms with van der Waals surface area (Å²) in [4.78, 5) is 2.40. The third kappa shape index (κ3) is 3.89. The van der Waals surface area contributed by atoms with Gasteiger partial charge in [-0.1, -0.05) is 25.8 Å². The number of methoxy groups -OCH3 is 2. The van der Waals surface area contributed by atoms with E-state index in [1.54, 1.807) is 14.2 Å². The Labute approximate surface area is 127 Å². The van der Waals surface area contributed by atoms with Crippen LogP contribution in [0.2, 0.25) is 0 Å². The molecule has 1 unspecified atom stereocenters. The highest BCUT2D eigenvalue weighted by Crippen LogP contribution is 2.31. The van der Waals surface area contributed by atoms with Gasteiger partial charge in [0.1, 0.15) is 0 Å². The molecule has 0 spiro atoms. The minimum Gasteiger partial charge on any atom is -0.493 e. The second kappa shape index (κ2) is 7.66. The fraction of sp³-hybridized carbons (Fsp3) is 0.647. The fourth-order valence-corrected chi connectivity index (χ4v) is 3.19. The number of benzene rings is 1. The van der Waals surface area contributed by atoms with Gasteiger partial charge in [-0.2, -0.15) is 0 Å². The van der Waals surface area contributed by atoms with Crippen molar-refractivity contribution in [2.45, 2.75) is 44.8 Å². The van der Waals surface area contributed by atoms with Gasteiger partial charge in [0.15, 0.2) is 11.5 Å². The second-order valence-electron chi connectivity index (χ2n) is 5.66. The molecule has 21 heavy (non-hydrogen) atoms. The summed E-state index contributed by atoms with van der Waals surface area (Å²) in [6.45, 7) is 3.82. The second-order valence-corrected chi connectivity index (χ2v) is 5.66. The number of ether oxygens (including phenoxy) is 2. The van der Waals surface area contributed by atoms with Crippen molar-refractivity contribution in [3.05, 3.63) is 23.8 Å². The van der Waals surface area contributed by atoms with E-state index >= 15 is 0 Å². The zero-order valence-corrected chi connectivity index (χ0v) is 13.3. The van der Waals surface area contributed by atoms with Crippen molar-refractivity contribution in [3.63, 3.8) is 0 Å². The average Bonchev–Trinajstić information content (AvgIpc) is 3.05. The molecule has 1 aliphatic carbocycles. The van der Waals surface area contributed by atoms with Crippen LogP contribution in [0.15, 0.2) is 18.2 Å². The summed E-state index contributed by atoms with van der Waals surface area (Å²) < 4.78 is 10.5. The van der Waals surface area contributed by atoms with Crippen molar-refractivity contribution < 1.29 is 14.6 Å². The molecule has 4 heteroatoms. The van der Waals surface area contributed by atoms with Crippen molar-refractivity contribution in [2.24, 2.45) is 0 Å². The molecule has 0 amide bonds. The summed E-state index contributed by atoms with van der Waals surface area (Å²) in [7, 11) is 3.23. The third-order valence-electron chi connectivity index (χ3n) is 4.45. The van der Waals surface area contributed by atoms with Crippen LogP contribution in [-0.4, -0.2) is 43.4 Å². The molecule has 0 bridgehead atoms. The first kappa shape index (κ1) is 16.1. The van der Waals surface area contributed by atoms with E-state index in [0.717, 1.165) is 12.1 Å². The molecule has 1 atom stereocenters. The molecule has 1 saturated carbocycles. The first-order valence-corrected chi connectivity index (χ1v) is 7.83. The number of aliphatic hydroxyl groups excluding tert-OH is 1. The van der Waals surface area contributed by atoms with E-state index in [-0.39, 0.29) is 0 Å². The minimum absolute atomic E-state index is 0.495. The predicted octanol–water partition coefficient (Wildman–Crippen LogP) is 3.00. The van der Waals surface area contributed by atoms with Gasteiger partial charge in [0.05, 0.1) is 20.3 Å². The monoisotopic (exact) mass is 293 g/mol. The number of aliphatic hydroxyl groups is 1. The van der Waals surface area contributed by atoms with Gasteiger partial charge in [0, 0.05) is 12.6 Å². The topological polar surface area (TPSA) is 41.9 Å². The Kier molecular flexibility index (Phi) is 5.88. The zero-order chi connectivity index (χ0) is 15.2. The van der Waals surface area contributed by atoms with Gasteiger partial charge in [-0.3, -0.25) is 4.90 Å². The van der Waals surface area contributed by atoms with Gasteiger partial charge in [0.25, 0.3) is 0 Å². The van der Waals surface area contributed by atoms with Crippen LogP contribution in [0.25, 0.3) is 0 Å². The highest BCUT2D eigenvalue weighted by molar-refractivity contribution is 5.43. The summed E-state index contributed by atoms with van der Waals surface area (Å²) in [6, 6.07) is 6.26. The van der Waals surface area contributed by atoms with E-state index in [2.05, 4.69) is 11.8 Å². The first-order valence-electron chi connectivity index (χ1n) is 7.83. The van der Waals surface area contributed by atoms with Gasteiger partial charge in [-0.25, -0.2) is 0 Å². The fourth-order valence-electron chi connectivity index (χ4n) is 3.19. The molecule has 1 N–H and O–H groups in total. The first-order chi connectivity index (χ1) is 10.2. The van der Waals surface area contributed by atoms with Gasteiger partial charge >= 0.3 is 0 Å². The van der Waals surface area contributed by atoms with Crippen LogP contribution >= 0.6 is 0 Å². The zero-order valence-electron chi connectivity index (χ0n) is 13.3. The summed E-state index contributed by atoms with van der Waals surface area (Å²) in [5.74, 6) is 1.36. The molecule has 0 saturated heterocycles. The van der Waals surface area contributed by atoms with Crippen molar-refractivity contribution in [1.82, 2.24) is 4.90 Å². The molecule has 1 fully saturated rings. The lowest BCUT2D eigenvalue weighted by atomic mass is 10.1. The third-order valence-corrected chi connectivity index (χ3v) is 4.45. The standard InChI is InChI=1S/C17H27NO3/c1-4-18(14-7-5-6-8-14)12-15(19)13-9-10-16(20-2)17(11-13)21-3/h9-11,14-15,19H,4-8,12H2,1-3H3. The maximum Gasteiger partial charge on any atom is 0.161 e. The Morgan fingerprint density at radius 1 is 1.19 bits per heavy atom. The van der Waals surface area contributed by atoms with Crippen molar-refractivity contribution >= 4 is 0 Å². The number of likely N-dealkylation sites (N-methyl/N-ethyl adjacent to an activating group) is 1. The molecular weight excluding hydrogens is 266 g/mol. The highest BCUT2D eigenvalue weighted by atomic mass is 16.5. The van der Waals surface area contributed by atoms with Crippen LogP contribution in [0.3, 0.4) is 0 Å². The molecule has 0 heterocycles. The van der Waals surface area contributed by atoms with E-state index in [1.807, 2.05) is 18.2 Å². The largest absolute Gasteiger partial charge is 0.493 e. The quantitative estimate of drug-likeness (QED) is 0.839. The molecule has 118 valence electrons. The van der Waals surface area contributed by atoms with Crippen LogP contribution in [0.4, 0.5) is 0 Å². The van der Waals surface area contributed by atoms with Gasteiger partial charge in [-0.05, 0) is 37.1 Å². The van der Waals surface area contributed by atoms with Crippen LogP contribution in [0.1, 0.15) is 44.3 Å². The molecule has 0 aromatic heterocycles. The molecule has 4 nitrogen and oxygen atoms in total. The highest BCUT2D eigenvalue weighted by Gasteiger charge is 2.24. The molecule has 0 aliphatic heterocycles. The van der Waals surface area contributed by atoms with Crippen molar-refractivity contribution in [2.75, 3.05) is 27.3 Å². The minimum atomic E-state index is -0.495.